The first-order chi connectivity index (χ1) is 10.3. The van der Waals surface area contributed by atoms with Crippen molar-refractivity contribution in [3.63, 3.8) is 0 Å². The second kappa shape index (κ2) is 8.29. The monoisotopic (exact) mass is 307 g/mol. The lowest BCUT2D eigenvalue weighted by molar-refractivity contribution is -0.164. The van der Waals surface area contributed by atoms with Crippen molar-refractivity contribution < 1.29 is 24.2 Å². The van der Waals surface area contributed by atoms with Gasteiger partial charge in [-0.3, -0.25) is 14.9 Å². The molecule has 0 aliphatic heterocycles. The van der Waals surface area contributed by atoms with Gasteiger partial charge in [0.1, 0.15) is 6.04 Å². The van der Waals surface area contributed by atoms with Crippen LogP contribution < -0.4 is 5.32 Å². The second-order valence-corrected chi connectivity index (χ2v) is 5.31. The average molecular weight is 307 g/mol. The van der Waals surface area contributed by atoms with Crippen molar-refractivity contribution >= 4 is 17.7 Å². The number of rotatable bonds is 8. The van der Waals surface area contributed by atoms with E-state index in [4.69, 9.17) is 9.84 Å². The molecule has 0 fully saturated rings. The number of nitrogens with one attached hydrogen (secondary N) is 1. The lowest BCUT2D eigenvalue weighted by Crippen LogP contribution is -2.45. The van der Waals surface area contributed by atoms with Crippen LogP contribution in [-0.2, 0) is 14.3 Å². The van der Waals surface area contributed by atoms with Crippen LogP contribution in [0.4, 0.5) is 0 Å². The van der Waals surface area contributed by atoms with Crippen molar-refractivity contribution in [1.82, 2.24) is 5.32 Å². The number of carboxylic acid groups (broad SMARTS) is 1. The fourth-order valence-corrected chi connectivity index (χ4v) is 1.82. The van der Waals surface area contributed by atoms with Crippen molar-refractivity contribution in [3.8, 4) is 0 Å². The number of ether oxygens (including phenoxy) is 1. The molecule has 0 saturated heterocycles. The summed E-state index contributed by atoms with van der Waals surface area (Å²) in [6.07, 6.45) is -1.22. The third-order valence-electron chi connectivity index (χ3n) is 3.14. The highest BCUT2D eigenvalue weighted by molar-refractivity contribution is 5.97. The van der Waals surface area contributed by atoms with E-state index in [0.29, 0.717) is 5.56 Å². The van der Waals surface area contributed by atoms with Crippen LogP contribution in [0.3, 0.4) is 0 Å². The molecule has 0 unspecified atom stereocenters. The number of carbonyl (C=O) groups excluding carboxylic acids is 2. The Hall–Kier alpha value is -2.21. The molecule has 22 heavy (non-hydrogen) atoms. The lowest BCUT2D eigenvalue weighted by atomic mass is 10.0. The molecule has 0 aliphatic carbocycles. The molecule has 6 nitrogen and oxygen atoms in total. The van der Waals surface area contributed by atoms with E-state index in [1.807, 2.05) is 6.07 Å². The minimum absolute atomic E-state index is 0.0244. The Labute approximate surface area is 129 Å². The van der Waals surface area contributed by atoms with Gasteiger partial charge in [0.25, 0.3) is 0 Å². The summed E-state index contributed by atoms with van der Waals surface area (Å²) in [6.45, 7) is 4.84. The smallest absolute Gasteiger partial charge is 0.344 e. The highest BCUT2D eigenvalue weighted by atomic mass is 16.6. The number of aliphatic carboxylic acids is 1. The van der Waals surface area contributed by atoms with E-state index in [2.05, 4.69) is 5.32 Å². The number of Topliss-reactive ketones (excluding diaryl/α,β-unsaturated/α-hetero) is 1. The van der Waals surface area contributed by atoms with Gasteiger partial charge in [-0.2, -0.15) is 0 Å². The molecule has 0 spiro atoms. The quantitative estimate of drug-likeness (QED) is 0.558. The molecule has 0 radical (unpaired) electrons. The van der Waals surface area contributed by atoms with Crippen LogP contribution in [-0.4, -0.2) is 41.5 Å². The number of esters is 1. The van der Waals surface area contributed by atoms with Crippen molar-refractivity contribution in [2.75, 3.05) is 6.54 Å². The fourth-order valence-electron chi connectivity index (χ4n) is 1.82. The Morgan fingerprint density at radius 1 is 1.14 bits per heavy atom. The zero-order chi connectivity index (χ0) is 16.7. The number of ketones is 1. The van der Waals surface area contributed by atoms with Crippen LogP contribution in [0.5, 0.6) is 0 Å². The third kappa shape index (κ3) is 5.29. The highest BCUT2D eigenvalue weighted by Crippen LogP contribution is 2.07. The molecule has 2 N–H and O–H groups in total. The molecular formula is C16H21NO5. The maximum absolute atomic E-state index is 12.0. The topological polar surface area (TPSA) is 92.7 Å². The molecule has 6 heteroatoms. The maximum atomic E-state index is 12.0. The summed E-state index contributed by atoms with van der Waals surface area (Å²) in [5, 5.41) is 11.6. The summed E-state index contributed by atoms with van der Waals surface area (Å²) in [4.78, 5) is 34.7. The van der Waals surface area contributed by atoms with Gasteiger partial charge in [0, 0.05) is 5.56 Å². The predicted molar refractivity (Wildman–Crippen MR) is 80.6 cm³/mol. The van der Waals surface area contributed by atoms with Crippen LogP contribution in [0.1, 0.15) is 31.1 Å². The summed E-state index contributed by atoms with van der Waals surface area (Å²) in [5.74, 6) is -2.18. The van der Waals surface area contributed by atoms with E-state index in [1.165, 1.54) is 6.92 Å². The van der Waals surface area contributed by atoms with Crippen molar-refractivity contribution in [2.45, 2.75) is 32.9 Å². The van der Waals surface area contributed by atoms with Gasteiger partial charge in [-0.05, 0) is 12.8 Å². The summed E-state index contributed by atoms with van der Waals surface area (Å²) in [6, 6.07) is 7.98. The third-order valence-corrected chi connectivity index (χ3v) is 3.14. The number of carboxylic acids is 1. The molecule has 0 amide bonds. The molecule has 0 aliphatic rings. The van der Waals surface area contributed by atoms with Gasteiger partial charge in [-0.15, -0.1) is 0 Å². The van der Waals surface area contributed by atoms with Crippen LogP contribution in [0.25, 0.3) is 0 Å². The first kappa shape index (κ1) is 17.8. The van der Waals surface area contributed by atoms with Crippen molar-refractivity contribution in [2.24, 2.45) is 5.92 Å². The summed E-state index contributed by atoms with van der Waals surface area (Å²) in [7, 11) is 0. The number of hydrogen-bond acceptors (Lipinski definition) is 5. The van der Waals surface area contributed by atoms with E-state index in [1.54, 1.807) is 38.1 Å². The van der Waals surface area contributed by atoms with Crippen LogP contribution in [0.15, 0.2) is 30.3 Å². The molecular weight excluding hydrogens is 286 g/mol. The standard InChI is InChI=1S/C16H21NO5/c1-10(2)14(16(21)22-11(3)15(19)20)17-9-13(18)12-7-5-4-6-8-12/h4-8,10-11,14,17H,9H2,1-3H3,(H,19,20)/t11-,14-/m0/s1. The Morgan fingerprint density at radius 3 is 2.23 bits per heavy atom. The Bertz CT molecular complexity index is 527. The number of hydrogen-bond donors (Lipinski definition) is 2. The van der Waals surface area contributed by atoms with Gasteiger partial charge >= 0.3 is 11.9 Å². The Morgan fingerprint density at radius 2 is 1.73 bits per heavy atom. The number of carbonyl (C=O) groups is 3. The first-order valence-electron chi connectivity index (χ1n) is 7.08. The first-order valence-corrected chi connectivity index (χ1v) is 7.08. The van der Waals surface area contributed by atoms with Gasteiger partial charge in [0.15, 0.2) is 11.9 Å². The van der Waals surface area contributed by atoms with Gasteiger partial charge in [0.2, 0.25) is 0 Å². The average Bonchev–Trinajstić information content (AvgIpc) is 2.47. The van der Waals surface area contributed by atoms with Crippen LogP contribution in [0.2, 0.25) is 0 Å². The van der Waals surface area contributed by atoms with Crippen LogP contribution in [0, 0.1) is 5.92 Å². The van der Waals surface area contributed by atoms with E-state index in [-0.39, 0.29) is 18.2 Å². The van der Waals surface area contributed by atoms with Crippen LogP contribution >= 0.6 is 0 Å². The summed E-state index contributed by atoms with van der Waals surface area (Å²) in [5.41, 5.74) is 0.546. The Balaban J connectivity index is 2.63. The fraction of sp³-hybridized carbons (Fsp3) is 0.438. The molecule has 2 atom stereocenters. The van der Waals surface area contributed by atoms with Gasteiger partial charge in [-0.25, -0.2) is 4.79 Å². The maximum Gasteiger partial charge on any atom is 0.344 e. The van der Waals surface area contributed by atoms with E-state index in [9.17, 15) is 14.4 Å². The van der Waals surface area contributed by atoms with E-state index >= 15 is 0 Å². The number of benzene rings is 1. The summed E-state index contributed by atoms with van der Waals surface area (Å²) < 4.78 is 4.86. The minimum Gasteiger partial charge on any atom is -0.479 e. The zero-order valence-electron chi connectivity index (χ0n) is 12.9. The lowest BCUT2D eigenvalue weighted by Gasteiger charge is -2.21. The molecule has 1 rings (SSSR count). The SMILES string of the molecule is CC(C)[C@H](NCC(=O)c1ccccc1)C(=O)O[C@@H](C)C(=O)O. The molecule has 0 bridgehead atoms. The molecule has 120 valence electrons. The summed E-state index contributed by atoms with van der Waals surface area (Å²) >= 11 is 0. The second-order valence-electron chi connectivity index (χ2n) is 5.31. The van der Waals surface area contributed by atoms with E-state index in [0.717, 1.165) is 0 Å². The van der Waals surface area contributed by atoms with Crippen molar-refractivity contribution in [3.05, 3.63) is 35.9 Å². The molecule has 0 saturated carbocycles. The van der Waals surface area contributed by atoms with Gasteiger partial charge in [-0.1, -0.05) is 44.2 Å². The largest absolute Gasteiger partial charge is 0.479 e. The molecule has 1 aromatic carbocycles. The highest BCUT2D eigenvalue weighted by Gasteiger charge is 2.27. The molecule has 0 heterocycles. The minimum atomic E-state index is -1.22. The van der Waals surface area contributed by atoms with Gasteiger partial charge in [0.05, 0.1) is 6.54 Å². The molecule has 1 aromatic rings. The molecule has 0 aromatic heterocycles. The predicted octanol–water partition coefficient (Wildman–Crippen LogP) is 1.50. The normalized spacial score (nSPS) is 13.5. The Kier molecular flexibility index (Phi) is 6.72. The van der Waals surface area contributed by atoms with Gasteiger partial charge < -0.3 is 9.84 Å². The van der Waals surface area contributed by atoms with E-state index < -0.39 is 24.1 Å². The zero-order valence-corrected chi connectivity index (χ0v) is 12.9. The van der Waals surface area contributed by atoms with Crippen molar-refractivity contribution in [1.29, 1.82) is 0 Å².